The Kier molecular flexibility index (Phi) is 6.34. The molecule has 0 aliphatic carbocycles. The smallest absolute Gasteiger partial charge is 0.227 e. The van der Waals surface area contributed by atoms with Gasteiger partial charge < -0.3 is 9.64 Å². The number of rotatable bonds is 7. The standard InChI is InChI=1S/C22H26N6O2/c1-2-30-20-10-8-19(9-11-20)28-21(23-24-25-28)17-26-12-14-27(15-13-26)22(29)16-18-6-4-3-5-7-18/h3-11H,2,12-17H2,1H3. The van der Waals surface area contributed by atoms with Crippen LogP contribution in [0.3, 0.4) is 0 Å². The Bertz CT molecular complexity index is 949. The third kappa shape index (κ3) is 4.83. The van der Waals surface area contributed by atoms with Crippen LogP contribution in [0.1, 0.15) is 18.3 Å². The number of nitrogens with zero attached hydrogens (tertiary/aromatic N) is 6. The summed E-state index contributed by atoms with van der Waals surface area (Å²) in [6.07, 6.45) is 0.455. The first kappa shape index (κ1) is 20.0. The molecule has 0 unspecified atom stereocenters. The zero-order valence-corrected chi connectivity index (χ0v) is 17.1. The number of hydrogen-bond acceptors (Lipinski definition) is 6. The van der Waals surface area contributed by atoms with Gasteiger partial charge >= 0.3 is 0 Å². The molecule has 1 fully saturated rings. The van der Waals surface area contributed by atoms with E-state index in [1.54, 1.807) is 4.68 Å². The summed E-state index contributed by atoms with van der Waals surface area (Å²) >= 11 is 0. The van der Waals surface area contributed by atoms with Gasteiger partial charge in [0, 0.05) is 26.2 Å². The number of ether oxygens (including phenoxy) is 1. The monoisotopic (exact) mass is 406 g/mol. The third-order valence-corrected chi connectivity index (χ3v) is 5.21. The molecule has 8 nitrogen and oxygen atoms in total. The van der Waals surface area contributed by atoms with Gasteiger partial charge in [-0.05, 0) is 47.2 Å². The highest BCUT2D eigenvalue weighted by atomic mass is 16.5. The van der Waals surface area contributed by atoms with Crippen molar-refractivity contribution in [2.45, 2.75) is 19.9 Å². The van der Waals surface area contributed by atoms with E-state index in [2.05, 4.69) is 20.4 Å². The second kappa shape index (κ2) is 9.49. The van der Waals surface area contributed by atoms with Crippen LogP contribution in [0, 0.1) is 0 Å². The molecule has 1 saturated heterocycles. The summed E-state index contributed by atoms with van der Waals surface area (Å²) in [5.74, 6) is 1.79. The van der Waals surface area contributed by atoms with Crippen LogP contribution in [0.5, 0.6) is 5.75 Å². The van der Waals surface area contributed by atoms with Gasteiger partial charge in [-0.25, -0.2) is 0 Å². The fraction of sp³-hybridized carbons (Fsp3) is 0.364. The second-order valence-corrected chi connectivity index (χ2v) is 7.25. The van der Waals surface area contributed by atoms with Gasteiger partial charge in [0.15, 0.2) is 5.82 Å². The van der Waals surface area contributed by atoms with Crippen LogP contribution in [0.4, 0.5) is 0 Å². The van der Waals surface area contributed by atoms with E-state index in [4.69, 9.17) is 4.74 Å². The summed E-state index contributed by atoms with van der Waals surface area (Å²) in [5, 5.41) is 12.2. The molecule has 0 bridgehead atoms. The first-order chi connectivity index (χ1) is 14.7. The van der Waals surface area contributed by atoms with Gasteiger partial charge in [0.05, 0.1) is 25.3 Å². The van der Waals surface area contributed by atoms with Gasteiger partial charge in [-0.1, -0.05) is 30.3 Å². The number of carbonyl (C=O) groups excluding carboxylic acids is 1. The minimum atomic E-state index is 0.181. The molecule has 1 aromatic heterocycles. The van der Waals surface area contributed by atoms with Crippen molar-refractivity contribution in [2.24, 2.45) is 0 Å². The largest absolute Gasteiger partial charge is 0.494 e. The van der Waals surface area contributed by atoms with E-state index in [-0.39, 0.29) is 5.91 Å². The average molecular weight is 406 g/mol. The van der Waals surface area contributed by atoms with Gasteiger partial charge in [-0.2, -0.15) is 4.68 Å². The van der Waals surface area contributed by atoms with E-state index >= 15 is 0 Å². The molecule has 0 N–H and O–H groups in total. The molecule has 3 aromatic rings. The molecule has 0 atom stereocenters. The van der Waals surface area contributed by atoms with Crippen LogP contribution in [0.2, 0.25) is 0 Å². The normalized spacial score (nSPS) is 14.6. The Morgan fingerprint density at radius 3 is 2.43 bits per heavy atom. The van der Waals surface area contributed by atoms with E-state index in [0.717, 1.165) is 49.0 Å². The van der Waals surface area contributed by atoms with Gasteiger partial charge in [0.2, 0.25) is 5.91 Å². The van der Waals surface area contributed by atoms with Crippen LogP contribution in [0.15, 0.2) is 54.6 Å². The predicted molar refractivity (Wildman–Crippen MR) is 112 cm³/mol. The number of tetrazole rings is 1. The maximum absolute atomic E-state index is 12.6. The maximum atomic E-state index is 12.6. The first-order valence-corrected chi connectivity index (χ1v) is 10.3. The predicted octanol–water partition coefficient (Wildman–Crippen LogP) is 1.95. The number of benzene rings is 2. The fourth-order valence-electron chi connectivity index (χ4n) is 3.59. The lowest BCUT2D eigenvalue weighted by Gasteiger charge is -2.34. The number of amides is 1. The van der Waals surface area contributed by atoms with E-state index in [1.807, 2.05) is 66.4 Å². The molecule has 1 aliphatic rings. The van der Waals surface area contributed by atoms with Crippen LogP contribution in [-0.2, 0) is 17.8 Å². The number of carbonyl (C=O) groups is 1. The lowest BCUT2D eigenvalue weighted by molar-refractivity contribution is -0.132. The fourth-order valence-corrected chi connectivity index (χ4v) is 3.59. The summed E-state index contributed by atoms with van der Waals surface area (Å²) in [5.41, 5.74) is 1.95. The molecular weight excluding hydrogens is 380 g/mol. The molecule has 156 valence electrons. The Morgan fingerprint density at radius 1 is 1.00 bits per heavy atom. The Hall–Kier alpha value is -3.26. The van der Waals surface area contributed by atoms with Crippen molar-refractivity contribution in [3.05, 3.63) is 66.0 Å². The van der Waals surface area contributed by atoms with Crippen LogP contribution in [0.25, 0.3) is 5.69 Å². The molecule has 2 heterocycles. The van der Waals surface area contributed by atoms with E-state index in [0.29, 0.717) is 19.6 Å². The van der Waals surface area contributed by atoms with Crippen molar-refractivity contribution in [1.82, 2.24) is 30.0 Å². The van der Waals surface area contributed by atoms with Crippen molar-refractivity contribution in [3.63, 3.8) is 0 Å². The lowest BCUT2D eigenvalue weighted by Crippen LogP contribution is -2.48. The van der Waals surface area contributed by atoms with Crippen LogP contribution >= 0.6 is 0 Å². The SMILES string of the molecule is CCOc1ccc(-n2nnnc2CN2CCN(C(=O)Cc3ccccc3)CC2)cc1. The zero-order valence-electron chi connectivity index (χ0n) is 17.1. The molecule has 1 aliphatic heterocycles. The molecule has 1 amide bonds. The molecule has 4 rings (SSSR count). The molecule has 2 aromatic carbocycles. The third-order valence-electron chi connectivity index (χ3n) is 5.21. The molecule has 0 spiro atoms. The van der Waals surface area contributed by atoms with Crippen molar-refractivity contribution < 1.29 is 9.53 Å². The van der Waals surface area contributed by atoms with E-state index < -0.39 is 0 Å². The quantitative estimate of drug-likeness (QED) is 0.597. The van der Waals surface area contributed by atoms with E-state index in [1.165, 1.54) is 0 Å². The van der Waals surface area contributed by atoms with Crippen molar-refractivity contribution in [3.8, 4) is 11.4 Å². The Labute approximate surface area is 176 Å². The first-order valence-electron chi connectivity index (χ1n) is 10.3. The number of hydrogen-bond donors (Lipinski definition) is 0. The van der Waals surface area contributed by atoms with Crippen molar-refractivity contribution in [1.29, 1.82) is 0 Å². The second-order valence-electron chi connectivity index (χ2n) is 7.25. The highest BCUT2D eigenvalue weighted by molar-refractivity contribution is 5.78. The molecule has 8 heteroatoms. The minimum Gasteiger partial charge on any atom is -0.494 e. The lowest BCUT2D eigenvalue weighted by atomic mass is 10.1. The summed E-state index contributed by atoms with van der Waals surface area (Å²) < 4.78 is 7.25. The number of aromatic nitrogens is 4. The number of piperazine rings is 1. The van der Waals surface area contributed by atoms with Crippen molar-refractivity contribution >= 4 is 5.91 Å². The zero-order chi connectivity index (χ0) is 20.8. The summed E-state index contributed by atoms with van der Waals surface area (Å²) in [4.78, 5) is 16.8. The highest BCUT2D eigenvalue weighted by Gasteiger charge is 2.23. The molecular formula is C22H26N6O2. The summed E-state index contributed by atoms with van der Waals surface area (Å²) in [6, 6.07) is 17.6. The molecule has 30 heavy (non-hydrogen) atoms. The van der Waals surface area contributed by atoms with Crippen molar-refractivity contribution in [2.75, 3.05) is 32.8 Å². The average Bonchev–Trinajstić information content (AvgIpc) is 3.24. The van der Waals surface area contributed by atoms with Crippen LogP contribution in [-0.4, -0.2) is 68.7 Å². The minimum absolute atomic E-state index is 0.181. The van der Waals surface area contributed by atoms with Gasteiger partial charge in [-0.15, -0.1) is 5.10 Å². The van der Waals surface area contributed by atoms with Gasteiger partial charge in [0.1, 0.15) is 5.75 Å². The molecule has 0 radical (unpaired) electrons. The topological polar surface area (TPSA) is 76.4 Å². The van der Waals surface area contributed by atoms with Crippen LogP contribution < -0.4 is 4.74 Å². The highest BCUT2D eigenvalue weighted by Crippen LogP contribution is 2.16. The van der Waals surface area contributed by atoms with Gasteiger partial charge in [-0.3, -0.25) is 9.69 Å². The molecule has 0 saturated carbocycles. The Balaban J connectivity index is 1.32. The summed E-state index contributed by atoms with van der Waals surface area (Å²) in [6.45, 7) is 6.28. The maximum Gasteiger partial charge on any atom is 0.227 e. The Morgan fingerprint density at radius 2 is 1.73 bits per heavy atom. The summed E-state index contributed by atoms with van der Waals surface area (Å²) in [7, 11) is 0. The van der Waals surface area contributed by atoms with E-state index in [9.17, 15) is 4.79 Å². The van der Waals surface area contributed by atoms with Gasteiger partial charge in [0.25, 0.3) is 0 Å².